The van der Waals surface area contributed by atoms with E-state index in [0.717, 1.165) is 0 Å². The zero-order valence-corrected chi connectivity index (χ0v) is 13.5. The fourth-order valence-electron chi connectivity index (χ4n) is 1.73. The zero-order valence-electron chi connectivity index (χ0n) is 11.9. The average molecular weight is 321 g/mol. The molecule has 20 heavy (non-hydrogen) atoms. The Labute approximate surface area is 128 Å². The summed E-state index contributed by atoms with van der Waals surface area (Å²) in [6.07, 6.45) is 0. The van der Waals surface area contributed by atoms with Crippen molar-refractivity contribution in [2.24, 2.45) is 7.05 Å². The number of rotatable bonds is 5. The SMILES string of the molecule is CCOC(=O)CN(C(=O)c1cc(Cl)c(Cl)n1C)C(C)C. The molecule has 0 saturated heterocycles. The highest BCUT2D eigenvalue weighted by atomic mass is 35.5. The minimum Gasteiger partial charge on any atom is -0.465 e. The third kappa shape index (κ3) is 3.67. The van der Waals surface area contributed by atoms with Gasteiger partial charge in [-0.1, -0.05) is 23.2 Å². The molecule has 0 aromatic carbocycles. The van der Waals surface area contributed by atoms with E-state index in [1.807, 2.05) is 13.8 Å². The predicted octanol–water partition coefficient (Wildman–Crippen LogP) is 2.75. The number of halogens is 2. The first-order valence-electron chi connectivity index (χ1n) is 6.26. The summed E-state index contributed by atoms with van der Waals surface area (Å²) in [7, 11) is 1.64. The van der Waals surface area contributed by atoms with E-state index >= 15 is 0 Å². The molecule has 0 N–H and O–H groups in total. The van der Waals surface area contributed by atoms with Crippen LogP contribution < -0.4 is 0 Å². The topological polar surface area (TPSA) is 51.5 Å². The lowest BCUT2D eigenvalue weighted by atomic mass is 10.2. The van der Waals surface area contributed by atoms with Gasteiger partial charge in [0.2, 0.25) is 0 Å². The number of ether oxygens (including phenoxy) is 1. The Morgan fingerprint density at radius 1 is 1.40 bits per heavy atom. The van der Waals surface area contributed by atoms with Crippen molar-refractivity contribution in [3.8, 4) is 0 Å². The lowest BCUT2D eigenvalue weighted by Gasteiger charge is -2.25. The summed E-state index contributed by atoms with van der Waals surface area (Å²) in [5.41, 5.74) is 0.331. The number of carbonyl (C=O) groups excluding carboxylic acids is 2. The molecule has 0 radical (unpaired) electrons. The van der Waals surface area contributed by atoms with Gasteiger partial charge in [-0.15, -0.1) is 0 Å². The van der Waals surface area contributed by atoms with Crippen LogP contribution in [0.1, 0.15) is 31.3 Å². The highest BCUT2D eigenvalue weighted by Crippen LogP contribution is 2.26. The summed E-state index contributed by atoms with van der Waals surface area (Å²) in [5, 5.41) is 0.590. The maximum atomic E-state index is 12.5. The first-order chi connectivity index (χ1) is 9.29. The second-order valence-corrected chi connectivity index (χ2v) is 5.32. The second kappa shape index (κ2) is 6.99. The fourth-order valence-corrected chi connectivity index (χ4v) is 2.11. The number of aromatic nitrogens is 1. The van der Waals surface area contributed by atoms with Crippen molar-refractivity contribution in [3.05, 3.63) is 21.9 Å². The Morgan fingerprint density at radius 3 is 2.40 bits per heavy atom. The van der Waals surface area contributed by atoms with Gasteiger partial charge in [-0.25, -0.2) is 0 Å². The minimum absolute atomic E-state index is 0.106. The number of hydrogen-bond acceptors (Lipinski definition) is 3. The van der Waals surface area contributed by atoms with Gasteiger partial charge < -0.3 is 14.2 Å². The molecule has 1 aromatic heterocycles. The Kier molecular flexibility index (Phi) is 5.89. The zero-order chi connectivity index (χ0) is 15.4. The van der Waals surface area contributed by atoms with Gasteiger partial charge in [-0.2, -0.15) is 0 Å². The summed E-state index contributed by atoms with van der Waals surface area (Å²) in [4.78, 5) is 25.5. The quantitative estimate of drug-likeness (QED) is 0.784. The number of carbonyl (C=O) groups is 2. The molecule has 112 valence electrons. The Bertz CT molecular complexity index is 512. The number of nitrogens with zero attached hydrogens (tertiary/aromatic N) is 2. The number of amides is 1. The van der Waals surface area contributed by atoms with Crippen LogP contribution in [0.4, 0.5) is 0 Å². The van der Waals surface area contributed by atoms with Crippen molar-refractivity contribution >= 4 is 35.1 Å². The van der Waals surface area contributed by atoms with Gasteiger partial charge in [0.05, 0.1) is 11.6 Å². The van der Waals surface area contributed by atoms with Crippen LogP contribution in [0.25, 0.3) is 0 Å². The summed E-state index contributed by atoms with van der Waals surface area (Å²) in [5.74, 6) is -0.759. The van der Waals surface area contributed by atoms with Crippen molar-refractivity contribution in [1.29, 1.82) is 0 Å². The molecule has 0 fully saturated rings. The van der Waals surface area contributed by atoms with Gasteiger partial charge in [0.15, 0.2) is 0 Å². The van der Waals surface area contributed by atoms with Crippen LogP contribution in [0.3, 0.4) is 0 Å². The normalized spacial score (nSPS) is 10.8. The molecule has 0 aliphatic heterocycles. The van der Waals surface area contributed by atoms with Gasteiger partial charge in [0, 0.05) is 13.1 Å². The fraction of sp³-hybridized carbons (Fsp3) is 0.538. The van der Waals surface area contributed by atoms with Gasteiger partial charge in [0.1, 0.15) is 17.4 Å². The monoisotopic (exact) mass is 320 g/mol. The van der Waals surface area contributed by atoms with Gasteiger partial charge in [0.25, 0.3) is 5.91 Å². The van der Waals surface area contributed by atoms with Crippen molar-refractivity contribution < 1.29 is 14.3 Å². The highest BCUT2D eigenvalue weighted by molar-refractivity contribution is 6.41. The highest BCUT2D eigenvalue weighted by Gasteiger charge is 2.25. The molecule has 0 bridgehead atoms. The van der Waals surface area contributed by atoms with Crippen LogP contribution in [-0.2, 0) is 16.6 Å². The lowest BCUT2D eigenvalue weighted by Crippen LogP contribution is -2.42. The van der Waals surface area contributed by atoms with Crippen molar-refractivity contribution in [2.75, 3.05) is 13.2 Å². The van der Waals surface area contributed by atoms with Crippen LogP contribution in [0.2, 0.25) is 10.2 Å². The van der Waals surface area contributed by atoms with Gasteiger partial charge in [-0.05, 0) is 26.8 Å². The van der Waals surface area contributed by atoms with Crippen molar-refractivity contribution in [2.45, 2.75) is 26.8 Å². The second-order valence-electron chi connectivity index (χ2n) is 4.56. The molecular formula is C13H18Cl2N2O3. The third-order valence-electron chi connectivity index (χ3n) is 2.82. The summed E-state index contributed by atoms with van der Waals surface area (Å²) in [6.45, 7) is 5.54. The Morgan fingerprint density at radius 2 is 2.00 bits per heavy atom. The summed E-state index contributed by atoms with van der Waals surface area (Å²) < 4.78 is 6.37. The van der Waals surface area contributed by atoms with E-state index in [2.05, 4.69) is 0 Å². The van der Waals surface area contributed by atoms with Gasteiger partial charge in [-0.3, -0.25) is 9.59 Å². The molecule has 0 spiro atoms. The maximum Gasteiger partial charge on any atom is 0.325 e. The molecule has 1 amide bonds. The van der Waals surface area contributed by atoms with E-state index in [0.29, 0.717) is 10.7 Å². The summed E-state index contributed by atoms with van der Waals surface area (Å²) in [6, 6.07) is 1.34. The van der Waals surface area contributed by atoms with Crippen LogP contribution in [-0.4, -0.2) is 40.5 Å². The standard InChI is InChI=1S/C13H18Cl2N2O3/c1-5-20-11(18)7-17(8(2)3)13(19)10-6-9(14)12(15)16(10)4/h6,8H,5,7H2,1-4H3. The molecule has 0 aliphatic rings. The number of esters is 1. The molecule has 5 nitrogen and oxygen atoms in total. The lowest BCUT2D eigenvalue weighted by molar-refractivity contribution is -0.144. The smallest absolute Gasteiger partial charge is 0.325 e. The molecule has 7 heteroatoms. The summed E-state index contributed by atoms with van der Waals surface area (Å²) >= 11 is 11.9. The molecule has 0 aliphatic carbocycles. The largest absolute Gasteiger partial charge is 0.465 e. The van der Waals surface area contributed by atoms with E-state index in [4.69, 9.17) is 27.9 Å². The average Bonchev–Trinajstić information content (AvgIpc) is 2.63. The molecule has 1 heterocycles. The van der Waals surface area contributed by atoms with Gasteiger partial charge >= 0.3 is 5.97 Å². The van der Waals surface area contributed by atoms with E-state index in [1.165, 1.54) is 15.5 Å². The van der Waals surface area contributed by atoms with Crippen LogP contribution in [0.5, 0.6) is 0 Å². The van der Waals surface area contributed by atoms with Crippen molar-refractivity contribution in [3.63, 3.8) is 0 Å². The van der Waals surface area contributed by atoms with Crippen LogP contribution >= 0.6 is 23.2 Å². The van der Waals surface area contributed by atoms with E-state index < -0.39 is 5.97 Å². The maximum absolute atomic E-state index is 12.5. The number of hydrogen-bond donors (Lipinski definition) is 0. The predicted molar refractivity (Wildman–Crippen MR) is 78.2 cm³/mol. The molecule has 0 saturated carbocycles. The Balaban J connectivity index is 3.00. The van der Waals surface area contributed by atoms with E-state index in [9.17, 15) is 9.59 Å². The molecule has 1 rings (SSSR count). The van der Waals surface area contributed by atoms with E-state index in [-0.39, 0.29) is 30.3 Å². The first-order valence-corrected chi connectivity index (χ1v) is 7.02. The third-order valence-corrected chi connectivity index (χ3v) is 3.67. The Hall–Kier alpha value is -1.20. The van der Waals surface area contributed by atoms with Crippen LogP contribution in [0.15, 0.2) is 6.07 Å². The first kappa shape index (κ1) is 16.9. The molecule has 0 unspecified atom stereocenters. The molecule has 0 atom stereocenters. The molecule has 1 aromatic rings. The minimum atomic E-state index is -0.444. The van der Waals surface area contributed by atoms with Crippen LogP contribution in [0, 0.1) is 0 Å². The van der Waals surface area contributed by atoms with E-state index in [1.54, 1.807) is 14.0 Å². The molecular weight excluding hydrogens is 303 g/mol. The van der Waals surface area contributed by atoms with Crippen molar-refractivity contribution in [1.82, 2.24) is 9.47 Å².